The first-order valence-electron chi connectivity index (χ1n) is 5.47. The lowest BCUT2D eigenvalue weighted by atomic mass is 9.48. The predicted molar refractivity (Wildman–Crippen MR) is 53.4 cm³/mol. The first-order chi connectivity index (χ1) is 6.26. The average Bonchev–Trinajstić information content (AvgIpc) is 2.18. The van der Waals surface area contributed by atoms with Crippen LogP contribution >= 0.6 is 0 Å². The smallest absolute Gasteiger partial charge is 0.143 e. The third kappa shape index (κ3) is 0.962. The van der Waals surface area contributed by atoms with E-state index in [2.05, 4.69) is 26.0 Å². The molecule has 2 aliphatic rings. The number of hydrogen-bond donors (Lipinski definition) is 0. The van der Waals surface area contributed by atoms with E-state index < -0.39 is 0 Å². The number of carbonyl (C=O) groups is 1. The summed E-state index contributed by atoms with van der Waals surface area (Å²) in [6.07, 6.45) is 8.82. The SMILES string of the molecule is CCC1C(=O)C2(CC)CCC=CC12. The second-order valence-electron chi connectivity index (χ2n) is 4.38. The van der Waals surface area contributed by atoms with Gasteiger partial charge in [0.15, 0.2) is 0 Å². The quantitative estimate of drug-likeness (QED) is 0.594. The Morgan fingerprint density at radius 3 is 2.92 bits per heavy atom. The molecule has 13 heavy (non-hydrogen) atoms. The van der Waals surface area contributed by atoms with Crippen LogP contribution in [0.5, 0.6) is 0 Å². The van der Waals surface area contributed by atoms with Gasteiger partial charge in [-0.15, -0.1) is 0 Å². The molecule has 0 aromatic heterocycles. The largest absolute Gasteiger partial charge is 0.299 e. The molecule has 0 saturated heterocycles. The van der Waals surface area contributed by atoms with E-state index in [-0.39, 0.29) is 5.41 Å². The molecule has 1 fully saturated rings. The lowest BCUT2D eigenvalue weighted by Gasteiger charge is -2.54. The van der Waals surface area contributed by atoms with Crippen molar-refractivity contribution < 1.29 is 4.79 Å². The summed E-state index contributed by atoms with van der Waals surface area (Å²) in [6.45, 7) is 4.29. The van der Waals surface area contributed by atoms with E-state index in [4.69, 9.17) is 0 Å². The van der Waals surface area contributed by atoms with E-state index in [1.54, 1.807) is 0 Å². The van der Waals surface area contributed by atoms with E-state index in [1.165, 1.54) is 0 Å². The standard InChI is InChI=1S/C12H18O/c1-3-9-10-7-5-6-8-12(10,4-2)11(9)13/h5,7,9-10H,3-4,6,8H2,1-2H3. The van der Waals surface area contributed by atoms with Crippen molar-refractivity contribution in [1.29, 1.82) is 0 Å². The molecule has 72 valence electrons. The lowest BCUT2D eigenvalue weighted by Crippen LogP contribution is -2.57. The molecular weight excluding hydrogens is 160 g/mol. The topological polar surface area (TPSA) is 17.1 Å². The minimum absolute atomic E-state index is 0.0649. The number of rotatable bonds is 2. The molecule has 0 amide bonds. The minimum atomic E-state index is 0.0649. The maximum absolute atomic E-state index is 11.9. The van der Waals surface area contributed by atoms with Gasteiger partial charge in [-0.3, -0.25) is 4.79 Å². The molecule has 0 bridgehead atoms. The average molecular weight is 178 g/mol. The zero-order valence-corrected chi connectivity index (χ0v) is 8.55. The van der Waals surface area contributed by atoms with Crippen molar-refractivity contribution in [3.8, 4) is 0 Å². The van der Waals surface area contributed by atoms with Gasteiger partial charge in [0.25, 0.3) is 0 Å². The highest BCUT2D eigenvalue weighted by Gasteiger charge is 2.58. The van der Waals surface area contributed by atoms with Gasteiger partial charge in [0.2, 0.25) is 0 Å². The zero-order valence-electron chi connectivity index (χ0n) is 8.55. The van der Waals surface area contributed by atoms with E-state index in [1.807, 2.05) is 0 Å². The molecule has 2 rings (SSSR count). The molecule has 0 radical (unpaired) electrons. The van der Waals surface area contributed by atoms with E-state index in [0.717, 1.165) is 25.7 Å². The number of hydrogen-bond acceptors (Lipinski definition) is 1. The Morgan fingerprint density at radius 1 is 1.54 bits per heavy atom. The number of ketones is 1. The van der Waals surface area contributed by atoms with Gasteiger partial charge in [0, 0.05) is 11.3 Å². The third-order valence-corrected chi connectivity index (χ3v) is 4.07. The Morgan fingerprint density at radius 2 is 2.31 bits per heavy atom. The molecule has 0 heterocycles. The van der Waals surface area contributed by atoms with Crippen molar-refractivity contribution in [2.75, 3.05) is 0 Å². The highest BCUT2D eigenvalue weighted by Crippen LogP contribution is 2.56. The summed E-state index contributed by atoms with van der Waals surface area (Å²) in [6, 6.07) is 0. The molecule has 1 saturated carbocycles. The second kappa shape index (κ2) is 2.97. The maximum atomic E-state index is 11.9. The van der Waals surface area contributed by atoms with Gasteiger partial charge >= 0.3 is 0 Å². The predicted octanol–water partition coefficient (Wildman–Crippen LogP) is 2.96. The van der Waals surface area contributed by atoms with Crippen LogP contribution in [0.4, 0.5) is 0 Å². The Labute approximate surface area is 80.2 Å². The van der Waals surface area contributed by atoms with E-state index in [9.17, 15) is 4.79 Å². The van der Waals surface area contributed by atoms with Crippen LogP contribution in [0.15, 0.2) is 12.2 Å². The van der Waals surface area contributed by atoms with Crippen LogP contribution in [0.2, 0.25) is 0 Å². The molecule has 0 spiro atoms. The van der Waals surface area contributed by atoms with E-state index >= 15 is 0 Å². The van der Waals surface area contributed by atoms with Crippen LogP contribution in [0, 0.1) is 17.3 Å². The molecule has 3 atom stereocenters. The maximum Gasteiger partial charge on any atom is 0.143 e. The fourth-order valence-electron chi connectivity index (χ4n) is 3.20. The molecule has 2 aliphatic carbocycles. The second-order valence-corrected chi connectivity index (χ2v) is 4.38. The van der Waals surface area contributed by atoms with Gasteiger partial charge in [0.05, 0.1) is 0 Å². The van der Waals surface area contributed by atoms with Crippen molar-refractivity contribution in [3.63, 3.8) is 0 Å². The van der Waals surface area contributed by atoms with Crippen LogP contribution < -0.4 is 0 Å². The molecule has 1 nitrogen and oxygen atoms in total. The Balaban J connectivity index is 2.27. The first-order valence-corrected chi connectivity index (χ1v) is 5.47. The van der Waals surface area contributed by atoms with Crippen molar-refractivity contribution >= 4 is 5.78 Å². The van der Waals surface area contributed by atoms with Crippen LogP contribution in [0.25, 0.3) is 0 Å². The summed E-state index contributed by atoms with van der Waals surface area (Å²) >= 11 is 0. The number of allylic oxidation sites excluding steroid dienone is 2. The van der Waals surface area contributed by atoms with Crippen molar-refractivity contribution in [2.24, 2.45) is 17.3 Å². The van der Waals surface area contributed by atoms with Crippen LogP contribution in [-0.4, -0.2) is 5.78 Å². The highest BCUT2D eigenvalue weighted by atomic mass is 16.1. The molecular formula is C12H18O. The van der Waals surface area contributed by atoms with Gasteiger partial charge in [-0.2, -0.15) is 0 Å². The van der Waals surface area contributed by atoms with Gasteiger partial charge in [-0.05, 0) is 31.6 Å². The molecule has 3 unspecified atom stereocenters. The lowest BCUT2D eigenvalue weighted by molar-refractivity contribution is -0.155. The van der Waals surface area contributed by atoms with Crippen molar-refractivity contribution in [3.05, 3.63) is 12.2 Å². The van der Waals surface area contributed by atoms with Gasteiger partial charge in [-0.1, -0.05) is 26.0 Å². The fraction of sp³-hybridized carbons (Fsp3) is 0.750. The van der Waals surface area contributed by atoms with Gasteiger partial charge in [0.1, 0.15) is 5.78 Å². The summed E-state index contributed by atoms with van der Waals surface area (Å²) in [5.41, 5.74) is 0.0649. The van der Waals surface area contributed by atoms with E-state index in [0.29, 0.717) is 17.6 Å². The van der Waals surface area contributed by atoms with Crippen molar-refractivity contribution in [1.82, 2.24) is 0 Å². The Kier molecular flexibility index (Phi) is 2.05. The normalized spacial score (nSPS) is 42.8. The number of carbonyl (C=O) groups excluding carboxylic acids is 1. The molecule has 0 aromatic carbocycles. The van der Waals surface area contributed by atoms with Gasteiger partial charge in [-0.25, -0.2) is 0 Å². The molecule has 0 aliphatic heterocycles. The van der Waals surface area contributed by atoms with Gasteiger partial charge < -0.3 is 0 Å². The highest BCUT2D eigenvalue weighted by molar-refractivity contribution is 5.94. The third-order valence-electron chi connectivity index (χ3n) is 4.07. The van der Waals surface area contributed by atoms with Crippen molar-refractivity contribution in [2.45, 2.75) is 39.5 Å². The fourth-order valence-corrected chi connectivity index (χ4v) is 3.20. The number of Topliss-reactive ketones (excluding diaryl/α,β-unsaturated/α-hetero) is 1. The van der Waals surface area contributed by atoms with Crippen LogP contribution in [-0.2, 0) is 4.79 Å². The Hall–Kier alpha value is -0.590. The first kappa shape index (κ1) is 8.98. The molecule has 0 N–H and O–H groups in total. The summed E-state index contributed by atoms with van der Waals surface area (Å²) < 4.78 is 0. The molecule has 0 aromatic rings. The molecule has 1 heteroatoms. The Bertz CT molecular complexity index is 254. The summed E-state index contributed by atoms with van der Waals surface area (Å²) in [5.74, 6) is 1.46. The van der Waals surface area contributed by atoms with Crippen LogP contribution in [0.3, 0.4) is 0 Å². The summed E-state index contributed by atoms with van der Waals surface area (Å²) in [4.78, 5) is 11.9. The monoisotopic (exact) mass is 178 g/mol. The van der Waals surface area contributed by atoms with Crippen LogP contribution in [0.1, 0.15) is 39.5 Å². The summed E-state index contributed by atoms with van der Waals surface area (Å²) in [5, 5.41) is 0. The minimum Gasteiger partial charge on any atom is -0.299 e. The number of fused-ring (bicyclic) bond motifs is 1. The zero-order chi connectivity index (χ0) is 9.47. The summed E-state index contributed by atoms with van der Waals surface area (Å²) in [7, 11) is 0.